The molecule has 0 fully saturated rings. The lowest BCUT2D eigenvalue weighted by Gasteiger charge is -2.27. The molecule has 1 N–H and O–H groups in total. The Balaban J connectivity index is 1.95. The average molecular weight is 498 g/mol. The van der Waals surface area contributed by atoms with Crippen molar-refractivity contribution in [3.63, 3.8) is 0 Å². The van der Waals surface area contributed by atoms with E-state index in [1.54, 1.807) is 14.2 Å². The van der Waals surface area contributed by atoms with Crippen LogP contribution in [0.4, 0.5) is 0 Å². The first-order valence-corrected chi connectivity index (χ1v) is 12.2. The molecule has 0 saturated heterocycles. The van der Waals surface area contributed by atoms with Gasteiger partial charge in [0.25, 0.3) is 0 Å². The molecule has 1 heterocycles. The fraction of sp³-hybridized carbons (Fsp3) is 0.464. The summed E-state index contributed by atoms with van der Waals surface area (Å²) in [5.74, 6) is 1.83. The second-order valence-corrected chi connectivity index (χ2v) is 9.67. The van der Waals surface area contributed by atoms with Crippen molar-refractivity contribution in [3.05, 3.63) is 65.9 Å². The van der Waals surface area contributed by atoms with Gasteiger partial charge in [-0.05, 0) is 52.0 Å². The molecular formula is C28H39N3O5. The Morgan fingerprint density at radius 3 is 2.31 bits per heavy atom. The number of hydrogen-bond donors (Lipinski definition) is 1. The predicted octanol–water partition coefficient (Wildman–Crippen LogP) is 4.61. The third kappa shape index (κ3) is 7.80. The van der Waals surface area contributed by atoms with E-state index >= 15 is 0 Å². The van der Waals surface area contributed by atoms with Gasteiger partial charge in [-0.2, -0.15) is 5.10 Å². The van der Waals surface area contributed by atoms with Gasteiger partial charge in [-0.25, -0.2) is 4.68 Å². The van der Waals surface area contributed by atoms with Crippen molar-refractivity contribution in [1.29, 1.82) is 0 Å². The average Bonchev–Trinajstić information content (AvgIpc) is 3.16. The summed E-state index contributed by atoms with van der Waals surface area (Å²) in [5, 5.41) is 15.5. The summed E-state index contributed by atoms with van der Waals surface area (Å²) in [6.45, 7) is 10.2. The molecule has 0 amide bonds. The number of nitrogens with zero attached hydrogens (tertiary/aromatic N) is 3. The summed E-state index contributed by atoms with van der Waals surface area (Å²) in [5.41, 5.74) is 2.33. The lowest BCUT2D eigenvalue weighted by Crippen LogP contribution is -2.38. The van der Waals surface area contributed by atoms with Gasteiger partial charge in [-0.15, -0.1) is 0 Å². The van der Waals surface area contributed by atoms with Crippen LogP contribution in [-0.4, -0.2) is 72.0 Å². The highest BCUT2D eigenvalue weighted by Gasteiger charge is 2.24. The molecule has 3 rings (SSSR count). The van der Waals surface area contributed by atoms with Crippen molar-refractivity contribution in [2.75, 3.05) is 40.5 Å². The van der Waals surface area contributed by atoms with Crippen LogP contribution >= 0.6 is 0 Å². The first-order valence-electron chi connectivity index (χ1n) is 12.2. The van der Waals surface area contributed by atoms with Crippen LogP contribution in [0.2, 0.25) is 0 Å². The van der Waals surface area contributed by atoms with E-state index in [-0.39, 0.29) is 12.2 Å². The maximum absolute atomic E-state index is 10.7. The van der Waals surface area contributed by atoms with E-state index in [9.17, 15) is 5.11 Å². The number of aliphatic hydroxyl groups excluding tert-OH is 1. The van der Waals surface area contributed by atoms with Crippen LogP contribution in [0.3, 0.4) is 0 Å². The minimum absolute atomic E-state index is 0.250. The monoisotopic (exact) mass is 497 g/mol. The summed E-state index contributed by atoms with van der Waals surface area (Å²) in [6, 6.07) is 17.4. The van der Waals surface area contributed by atoms with Gasteiger partial charge in [0.1, 0.15) is 0 Å². The number of methoxy groups -OCH3 is 2. The molecule has 0 bridgehead atoms. The zero-order valence-corrected chi connectivity index (χ0v) is 22.2. The minimum atomic E-state index is -0.649. The molecule has 0 aliphatic carbocycles. The third-order valence-electron chi connectivity index (χ3n) is 5.58. The van der Waals surface area contributed by atoms with Crippen molar-refractivity contribution in [2.45, 2.75) is 45.9 Å². The number of aryl methyl sites for hydroxylation is 1. The van der Waals surface area contributed by atoms with Gasteiger partial charge in [0, 0.05) is 26.7 Å². The third-order valence-corrected chi connectivity index (χ3v) is 5.58. The zero-order chi connectivity index (χ0) is 26.1. The number of aromatic nitrogens is 2. The largest absolute Gasteiger partial charge is 0.493 e. The molecule has 3 aromatic rings. The summed E-state index contributed by atoms with van der Waals surface area (Å²) < 4.78 is 24.9. The number of benzene rings is 2. The minimum Gasteiger partial charge on any atom is -0.493 e. The maximum atomic E-state index is 10.7. The Morgan fingerprint density at radius 1 is 1.00 bits per heavy atom. The van der Waals surface area contributed by atoms with Crippen LogP contribution in [0.1, 0.15) is 32.0 Å². The van der Waals surface area contributed by atoms with E-state index in [1.165, 1.54) is 0 Å². The van der Waals surface area contributed by atoms with Crippen molar-refractivity contribution < 1.29 is 24.1 Å². The summed E-state index contributed by atoms with van der Waals surface area (Å²) >= 11 is 0. The van der Waals surface area contributed by atoms with Crippen molar-refractivity contribution in [3.8, 4) is 23.1 Å². The van der Waals surface area contributed by atoms with Gasteiger partial charge < -0.3 is 24.1 Å². The maximum Gasteiger partial charge on any atom is 0.227 e. The van der Waals surface area contributed by atoms with Crippen molar-refractivity contribution in [2.24, 2.45) is 0 Å². The Labute approximate surface area is 214 Å². The van der Waals surface area contributed by atoms with Crippen LogP contribution in [0, 0.1) is 6.92 Å². The Bertz CT molecular complexity index is 1080. The second-order valence-electron chi connectivity index (χ2n) is 9.67. The van der Waals surface area contributed by atoms with Gasteiger partial charge in [0.05, 0.1) is 49.0 Å². The Hall–Kier alpha value is -2.91. The van der Waals surface area contributed by atoms with E-state index in [2.05, 4.69) is 4.90 Å². The molecule has 1 atom stereocenters. The van der Waals surface area contributed by atoms with Crippen LogP contribution < -0.4 is 9.47 Å². The van der Waals surface area contributed by atoms with Gasteiger partial charge in [0.2, 0.25) is 5.88 Å². The first-order chi connectivity index (χ1) is 17.2. The highest BCUT2D eigenvalue weighted by atomic mass is 16.5. The van der Waals surface area contributed by atoms with E-state index < -0.39 is 6.10 Å². The number of hydrogen-bond acceptors (Lipinski definition) is 7. The fourth-order valence-electron chi connectivity index (χ4n) is 3.75. The molecule has 0 aliphatic heterocycles. The Morgan fingerprint density at radius 2 is 1.67 bits per heavy atom. The topological polar surface area (TPSA) is 78.2 Å². The molecule has 0 saturated carbocycles. The summed E-state index contributed by atoms with van der Waals surface area (Å²) in [7, 11) is 3.29. The quantitative estimate of drug-likeness (QED) is 0.370. The molecule has 8 nitrogen and oxygen atoms in total. The standard InChI is InChI=1S/C28H39N3O5/c1-21-24(19-30(16-17-33-5)18-23(32)20-35-28(2,3)4)27(31(29-21)22-12-8-7-9-13-22)36-26-15-11-10-14-25(26)34-6/h7-15,23,32H,16-20H2,1-6H3/t23-/m0/s1. The number of ether oxygens (including phenoxy) is 4. The lowest BCUT2D eigenvalue weighted by atomic mass is 10.2. The highest BCUT2D eigenvalue weighted by molar-refractivity contribution is 5.47. The van der Waals surface area contributed by atoms with Crippen molar-refractivity contribution in [1.82, 2.24) is 14.7 Å². The van der Waals surface area contributed by atoms with Gasteiger partial charge in [-0.3, -0.25) is 4.90 Å². The molecule has 0 unspecified atom stereocenters. The van der Waals surface area contributed by atoms with E-state index in [1.807, 2.05) is 87.0 Å². The Kier molecular flexibility index (Phi) is 9.89. The molecule has 8 heteroatoms. The second kappa shape index (κ2) is 12.9. The summed E-state index contributed by atoms with van der Waals surface area (Å²) in [6.07, 6.45) is -0.649. The van der Waals surface area contributed by atoms with Crippen LogP contribution in [0.15, 0.2) is 54.6 Å². The number of aliphatic hydroxyl groups is 1. The van der Waals surface area contributed by atoms with Gasteiger partial charge in [-0.1, -0.05) is 30.3 Å². The highest BCUT2D eigenvalue weighted by Crippen LogP contribution is 2.36. The van der Waals surface area contributed by atoms with Gasteiger partial charge in [0.15, 0.2) is 11.5 Å². The van der Waals surface area contributed by atoms with Gasteiger partial charge >= 0.3 is 0 Å². The molecule has 0 radical (unpaired) electrons. The zero-order valence-electron chi connectivity index (χ0n) is 22.2. The lowest BCUT2D eigenvalue weighted by molar-refractivity contribution is -0.0577. The predicted molar refractivity (Wildman–Crippen MR) is 140 cm³/mol. The fourth-order valence-corrected chi connectivity index (χ4v) is 3.75. The molecule has 36 heavy (non-hydrogen) atoms. The molecule has 0 spiro atoms. The molecular weight excluding hydrogens is 458 g/mol. The van der Waals surface area contributed by atoms with E-state index in [0.717, 1.165) is 16.9 Å². The number of para-hydroxylation sites is 3. The van der Waals surface area contributed by atoms with Crippen LogP contribution in [-0.2, 0) is 16.0 Å². The van der Waals surface area contributed by atoms with E-state index in [0.29, 0.717) is 43.6 Å². The van der Waals surface area contributed by atoms with Crippen LogP contribution in [0.25, 0.3) is 5.69 Å². The molecule has 0 aliphatic rings. The first kappa shape index (κ1) is 27.7. The molecule has 196 valence electrons. The molecule has 2 aromatic carbocycles. The number of rotatable bonds is 13. The summed E-state index contributed by atoms with van der Waals surface area (Å²) in [4.78, 5) is 2.13. The SMILES string of the molecule is COCCN(Cc1c(C)nn(-c2ccccc2)c1Oc1ccccc1OC)C[C@H](O)COC(C)(C)C. The van der Waals surface area contributed by atoms with E-state index in [4.69, 9.17) is 24.0 Å². The van der Waals surface area contributed by atoms with Crippen molar-refractivity contribution >= 4 is 0 Å². The molecule has 1 aromatic heterocycles. The smallest absolute Gasteiger partial charge is 0.227 e. The van der Waals surface area contributed by atoms with Crippen LogP contribution in [0.5, 0.6) is 17.4 Å². The normalized spacial score (nSPS) is 12.7.